The molecule has 134 valence electrons. The van der Waals surface area contributed by atoms with Crippen molar-refractivity contribution in [1.82, 2.24) is 0 Å². The molecule has 0 saturated carbocycles. The van der Waals surface area contributed by atoms with Crippen LogP contribution < -0.4 is 9.47 Å². The highest BCUT2D eigenvalue weighted by atomic mass is 32.1. The zero-order valence-electron chi connectivity index (χ0n) is 14.5. The maximum Gasteiger partial charge on any atom is 0.363 e. The van der Waals surface area contributed by atoms with Gasteiger partial charge in [0, 0.05) is 0 Å². The second-order valence-corrected chi connectivity index (χ2v) is 6.75. The Hall–Kier alpha value is -2.93. The number of hydrogen-bond donors (Lipinski definition) is 0. The number of rotatable bonds is 5. The Morgan fingerprint density at radius 1 is 1.27 bits per heavy atom. The number of ether oxygens (including phenoxy) is 3. The summed E-state index contributed by atoms with van der Waals surface area (Å²) in [6, 6.07) is 8.70. The summed E-state index contributed by atoms with van der Waals surface area (Å²) in [7, 11) is 1.48. The molecule has 26 heavy (non-hydrogen) atoms. The molecule has 0 N–H and O–H groups in total. The van der Waals surface area contributed by atoms with Crippen molar-refractivity contribution < 1.29 is 23.8 Å². The zero-order valence-corrected chi connectivity index (χ0v) is 15.3. The van der Waals surface area contributed by atoms with Crippen molar-refractivity contribution in [3.63, 3.8) is 0 Å². The van der Waals surface area contributed by atoms with Crippen molar-refractivity contribution in [1.29, 1.82) is 0 Å². The molecule has 0 radical (unpaired) electrons. The summed E-state index contributed by atoms with van der Waals surface area (Å²) in [6.45, 7) is 3.50. The summed E-state index contributed by atoms with van der Waals surface area (Å²) in [6.07, 6.45) is 1.60. The van der Waals surface area contributed by atoms with Crippen LogP contribution in [0.5, 0.6) is 11.5 Å². The van der Waals surface area contributed by atoms with E-state index in [1.165, 1.54) is 18.4 Å². The number of methoxy groups -OCH3 is 1. The van der Waals surface area contributed by atoms with Crippen molar-refractivity contribution in [2.24, 2.45) is 10.9 Å². The van der Waals surface area contributed by atoms with E-state index >= 15 is 0 Å². The Labute approximate surface area is 154 Å². The Kier molecular flexibility index (Phi) is 5.18. The number of nitrogens with zero attached hydrogens (tertiary/aromatic N) is 1. The van der Waals surface area contributed by atoms with Gasteiger partial charge >= 0.3 is 11.9 Å². The number of cyclic esters (lactones) is 1. The first-order valence-corrected chi connectivity index (χ1v) is 8.82. The van der Waals surface area contributed by atoms with Gasteiger partial charge in [-0.3, -0.25) is 4.79 Å². The molecule has 1 aliphatic heterocycles. The SMILES string of the molecule is COc1cc(/C=C2/N=C(c3cccs3)OC2=O)ccc1OC(=O)C(C)C. The summed E-state index contributed by atoms with van der Waals surface area (Å²) in [5.74, 6) is -0.0978. The van der Waals surface area contributed by atoms with E-state index in [9.17, 15) is 9.59 Å². The normalized spacial score (nSPS) is 15.2. The summed E-state index contributed by atoms with van der Waals surface area (Å²) >= 11 is 1.44. The van der Waals surface area contributed by atoms with Gasteiger partial charge in [0.2, 0.25) is 5.90 Å². The second-order valence-electron chi connectivity index (χ2n) is 5.80. The molecule has 0 unspecified atom stereocenters. The fourth-order valence-electron chi connectivity index (χ4n) is 2.16. The van der Waals surface area contributed by atoms with Crippen molar-refractivity contribution in [2.75, 3.05) is 7.11 Å². The fourth-order valence-corrected chi connectivity index (χ4v) is 2.81. The van der Waals surface area contributed by atoms with Crippen LogP contribution in [0.1, 0.15) is 24.3 Å². The van der Waals surface area contributed by atoms with E-state index in [-0.39, 0.29) is 17.6 Å². The highest BCUT2D eigenvalue weighted by Gasteiger charge is 2.25. The monoisotopic (exact) mass is 371 g/mol. The Balaban J connectivity index is 1.87. The number of carbonyl (C=O) groups excluding carboxylic acids is 2. The van der Waals surface area contributed by atoms with Gasteiger partial charge in [-0.05, 0) is 35.2 Å². The van der Waals surface area contributed by atoms with Gasteiger partial charge in [0.05, 0.1) is 17.9 Å². The minimum atomic E-state index is -0.511. The Morgan fingerprint density at radius 3 is 2.73 bits per heavy atom. The summed E-state index contributed by atoms with van der Waals surface area (Å²) in [4.78, 5) is 28.8. The molecule has 0 saturated heterocycles. The molecule has 1 aliphatic rings. The van der Waals surface area contributed by atoms with Crippen molar-refractivity contribution in [3.05, 3.63) is 51.8 Å². The molecule has 2 aromatic rings. The van der Waals surface area contributed by atoms with E-state index in [4.69, 9.17) is 14.2 Å². The van der Waals surface area contributed by atoms with Crippen LogP contribution in [0.3, 0.4) is 0 Å². The zero-order chi connectivity index (χ0) is 18.7. The maximum absolute atomic E-state index is 12.0. The first-order chi connectivity index (χ1) is 12.5. The highest BCUT2D eigenvalue weighted by molar-refractivity contribution is 7.12. The first kappa shape index (κ1) is 17.9. The minimum Gasteiger partial charge on any atom is -0.493 e. The molecule has 7 heteroatoms. The molecule has 0 fully saturated rings. The second kappa shape index (κ2) is 7.53. The number of hydrogen-bond acceptors (Lipinski definition) is 7. The Morgan fingerprint density at radius 2 is 2.08 bits per heavy atom. The molecule has 3 rings (SSSR count). The maximum atomic E-state index is 12.0. The number of aliphatic imine (C=N–C) groups is 1. The van der Waals surface area contributed by atoms with E-state index in [0.717, 1.165) is 4.88 Å². The van der Waals surface area contributed by atoms with Gasteiger partial charge < -0.3 is 14.2 Å². The molecule has 2 heterocycles. The van der Waals surface area contributed by atoms with Gasteiger partial charge in [-0.15, -0.1) is 11.3 Å². The lowest BCUT2D eigenvalue weighted by Gasteiger charge is -2.11. The van der Waals surface area contributed by atoms with Gasteiger partial charge in [-0.1, -0.05) is 26.0 Å². The minimum absolute atomic E-state index is 0.197. The smallest absolute Gasteiger partial charge is 0.363 e. The number of benzene rings is 1. The van der Waals surface area contributed by atoms with E-state index in [0.29, 0.717) is 23.0 Å². The fraction of sp³-hybridized carbons (Fsp3) is 0.211. The summed E-state index contributed by atoms with van der Waals surface area (Å²) in [5.41, 5.74) is 0.872. The largest absolute Gasteiger partial charge is 0.493 e. The third-order valence-electron chi connectivity index (χ3n) is 3.53. The Bertz CT molecular complexity index is 897. The molecule has 1 aromatic carbocycles. The number of carbonyl (C=O) groups is 2. The average molecular weight is 371 g/mol. The molecule has 0 aliphatic carbocycles. The molecular formula is C19H17NO5S. The van der Waals surface area contributed by atoms with E-state index < -0.39 is 5.97 Å². The highest BCUT2D eigenvalue weighted by Crippen LogP contribution is 2.30. The lowest BCUT2D eigenvalue weighted by atomic mass is 10.1. The van der Waals surface area contributed by atoms with Crippen molar-refractivity contribution in [3.8, 4) is 11.5 Å². The van der Waals surface area contributed by atoms with Crippen LogP contribution in [0.25, 0.3) is 6.08 Å². The van der Waals surface area contributed by atoms with Gasteiger partial charge in [0.25, 0.3) is 0 Å². The molecule has 0 spiro atoms. The molecule has 0 atom stereocenters. The predicted molar refractivity (Wildman–Crippen MR) is 98.4 cm³/mol. The quantitative estimate of drug-likeness (QED) is 0.455. The predicted octanol–water partition coefficient (Wildman–Crippen LogP) is 3.66. The van der Waals surface area contributed by atoms with E-state index in [2.05, 4.69) is 4.99 Å². The lowest BCUT2D eigenvalue weighted by Crippen LogP contribution is -2.15. The first-order valence-electron chi connectivity index (χ1n) is 7.94. The average Bonchev–Trinajstić information content (AvgIpc) is 3.26. The number of esters is 2. The van der Waals surface area contributed by atoms with Crippen LogP contribution in [0, 0.1) is 5.92 Å². The van der Waals surface area contributed by atoms with Crippen LogP contribution in [0.2, 0.25) is 0 Å². The molecule has 6 nitrogen and oxygen atoms in total. The van der Waals surface area contributed by atoms with E-state index in [1.807, 2.05) is 17.5 Å². The van der Waals surface area contributed by atoms with Crippen molar-refractivity contribution >= 4 is 35.2 Å². The molecule has 0 amide bonds. The van der Waals surface area contributed by atoms with Crippen LogP contribution >= 0.6 is 11.3 Å². The third-order valence-corrected chi connectivity index (χ3v) is 4.38. The van der Waals surface area contributed by atoms with Crippen molar-refractivity contribution in [2.45, 2.75) is 13.8 Å². The lowest BCUT2D eigenvalue weighted by molar-refractivity contribution is -0.137. The van der Waals surface area contributed by atoms with Gasteiger partial charge in [0.1, 0.15) is 0 Å². The van der Waals surface area contributed by atoms with Gasteiger partial charge in [0.15, 0.2) is 17.2 Å². The molecular weight excluding hydrogens is 354 g/mol. The third kappa shape index (κ3) is 3.83. The molecule has 0 bridgehead atoms. The van der Waals surface area contributed by atoms with Gasteiger partial charge in [-0.25, -0.2) is 9.79 Å². The topological polar surface area (TPSA) is 74.2 Å². The summed E-state index contributed by atoms with van der Waals surface area (Å²) < 4.78 is 15.8. The van der Waals surface area contributed by atoms with Crippen LogP contribution in [0.15, 0.2) is 46.4 Å². The van der Waals surface area contributed by atoms with Crippen LogP contribution in [-0.4, -0.2) is 24.9 Å². The van der Waals surface area contributed by atoms with Crippen LogP contribution in [0.4, 0.5) is 0 Å². The van der Waals surface area contributed by atoms with Crippen LogP contribution in [-0.2, 0) is 14.3 Å². The standard InChI is InChI=1S/C19H17NO5S/c1-11(2)18(21)24-14-7-6-12(10-15(14)23-3)9-13-19(22)25-17(20-13)16-5-4-8-26-16/h4-11H,1-3H3/b13-9+. The summed E-state index contributed by atoms with van der Waals surface area (Å²) in [5, 5.41) is 1.88. The van der Waals surface area contributed by atoms with E-state index in [1.54, 1.807) is 38.1 Å². The number of thiophene rings is 1. The molecule has 1 aromatic heterocycles. The van der Waals surface area contributed by atoms with Gasteiger partial charge in [-0.2, -0.15) is 0 Å².